The highest BCUT2D eigenvalue weighted by Gasteiger charge is 2.51. The number of hydrogen-bond acceptors (Lipinski definition) is 6. The molecule has 0 saturated carbocycles. The summed E-state index contributed by atoms with van der Waals surface area (Å²) in [5.41, 5.74) is 1.09. The zero-order valence-electron chi connectivity index (χ0n) is 26.5. The zero-order valence-corrected chi connectivity index (χ0v) is 27.5. The van der Waals surface area contributed by atoms with Crippen LogP contribution in [0.3, 0.4) is 0 Å². The maximum Gasteiger partial charge on any atom is 0.261 e. The molecule has 1 fully saturated rings. The van der Waals surface area contributed by atoms with Gasteiger partial charge in [-0.15, -0.1) is 0 Å². The Morgan fingerprint density at radius 2 is 1.49 bits per heavy atom. The van der Waals surface area contributed by atoms with Gasteiger partial charge in [-0.1, -0.05) is 106 Å². The normalized spacial score (nSPS) is 19.5. The summed E-state index contributed by atoms with van der Waals surface area (Å²) in [4.78, 5) is 0. The average Bonchev–Trinajstić information content (AvgIpc) is 3.31. The highest BCUT2D eigenvalue weighted by atomic mass is 28.4. The predicted octanol–water partition coefficient (Wildman–Crippen LogP) is 6.01. The summed E-state index contributed by atoms with van der Waals surface area (Å²) in [5, 5.41) is 13.5. The lowest BCUT2D eigenvalue weighted by atomic mass is 10.1. The minimum Gasteiger partial charge on any atom is -0.497 e. The van der Waals surface area contributed by atoms with Gasteiger partial charge in [-0.25, -0.2) is 0 Å². The van der Waals surface area contributed by atoms with E-state index in [0.29, 0.717) is 32.7 Å². The van der Waals surface area contributed by atoms with Crippen molar-refractivity contribution in [1.82, 2.24) is 0 Å². The lowest BCUT2D eigenvalue weighted by molar-refractivity contribution is -0.153. The lowest BCUT2D eigenvalue weighted by Gasteiger charge is -2.43. The van der Waals surface area contributed by atoms with Crippen LogP contribution >= 0.6 is 0 Å². The standard InChI is InChI=1S/C36H48O6Si/c1-35(2,3)43(30-15-9-7-10-16-30,31-17-11-8-12-18-31)40-26-24-33-34(42-36(4,5)41-33)32(37)19-13-14-25-39-27-28-20-22-29(38-6)23-21-28/h7-13,15-23,32-34,37H,14,24-27H2,1-6H3/t32?,33-,34?/m0/s1. The molecule has 7 heteroatoms. The second kappa shape index (κ2) is 14.8. The van der Waals surface area contributed by atoms with Crippen LogP contribution < -0.4 is 15.1 Å². The molecule has 1 N–H and O–H groups in total. The number of aliphatic hydroxyl groups excluding tert-OH is 1. The average molecular weight is 605 g/mol. The van der Waals surface area contributed by atoms with Crippen LogP contribution in [0.5, 0.6) is 5.75 Å². The molecule has 43 heavy (non-hydrogen) atoms. The van der Waals surface area contributed by atoms with Gasteiger partial charge in [0.2, 0.25) is 0 Å². The third-order valence-corrected chi connectivity index (χ3v) is 12.9. The summed E-state index contributed by atoms with van der Waals surface area (Å²) in [6, 6.07) is 29.1. The molecule has 232 valence electrons. The van der Waals surface area contributed by atoms with E-state index in [1.54, 1.807) is 13.2 Å². The third kappa shape index (κ3) is 8.44. The molecule has 0 spiro atoms. The number of aliphatic hydroxyl groups is 1. The fraction of sp³-hybridized carbons (Fsp3) is 0.444. The SMILES string of the molecule is COc1ccc(COCCC=CC(O)C2OC(C)(C)O[C@H]2CCO[Si](c2ccccc2)(c2ccccc2)C(C)(C)C)cc1. The third-order valence-electron chi connectivity index (χ3n) is 7.89. The Bertz CT molecular complexity index is 1230. The monoisotopic (exact) mass is 604 g/mol. The summed E-state index contributed by atoms with van der Waals surface area (Å²) >= 11 is 0. The van der Waals surface area contributed by atoms with Crippen molar-refractivity contribution in [3.8, 4) is 5.75 Å². The van der Waals surface area contributed by atoms with E-state index in [-0.39, 0.29) is 11.1 Å². The molecule has 3 aromatic rings. The molecule has 3 aromatic carbocycles. The van der Waals surface area contributed by atoms with E-state index in [0.717, 1.165) is 11.3 Å². The molecule has 4 rings (SSSR count). The first-order valence-electron chi connectivity index (χ1n) is 15.2. The quantitative estimate of drug-likeness (QED) is 0.138. The van der Waals surface area contributed by atoms with E-state index in [4.69, 9.17) is 23.4 Å². The first-order chi connectivity index (χ1) is 20.6. The van der Waals surface area contributed by atoms with Crippen molar-refractivity contribution in [3.63, 3.8) is 0 Å². The number of hydrogen-bond donors (Lipinski definition) is 1. The maximum absolute atomic E-state index is 11.1. The molecule has 1 aliphatic rings. The maximum atomic E-state index is 11.1. The minimum atomic E-state index is -2.66. The number of methoxy groups -OCH3 is 1. The van der Waals surface area contributed by atoms with Crippen molar-refractivity contribution in [2.24, 2.45) is 0 Å². The summed E-state index contributed by atoms with van der Waals surface area (Å²) in [6.45, 7) is 12.2. The first kappa shape index (κ1) is 33.1. The molecule has 6 nitrogen and oxygen atoms in total. The number of ether oxygens (including phenoxy) is 4. The molecule has 0 bridgehead atoms. The number of benzene rings is 3. The van der Waals surface area contributed by atoms with E-state index >= 15 is 0 Å². The van der Waals surface area contributed by atoms with Crippen LogP contribution in [-0.2, 0) is 25.2 Å². The topological polar surface area (TPSA) is 66.4 Å². The van der Waals surface area contributed by atoms with Gasteiger partial charge in [-0.3, -0.25) is 0 Å². The van der Waals surface area contributed by atoms with Gasteiger partial charge in [0.25, 0.3) is 8.32 Å². The Morgan fingerprint density at radius 3 is 2.05 bits per heavy atom. The first-order valence-corrected chi connectivity index (χ1v) is 17.1. The van der Waals surface area contributed by atoms with Gasteiger partial charge in [0.05, 0.1) is 26.4 Å². The second-order valence-electron chi connectivity index (χ2n) is 12.5. The van der Waals surface area contributed by atoms with Crippen LogP contribution in [0.1, 0.15) is 53.0 Å². The van der Waals surface area contributed by atoms with Crippen LogP contribution in [0.4, 0.5) is 0 Å². The van der Waals surface area contributed by atoms with Gasteiger partial charge < -0.3 is 28.5 Å². The molecule has 0 aliphatic carbocycles. The number of rotatable bonds is 14. The second-order valence-corrected chi connectivity index (χ2v) is 16.9. The van der Waals surface area contributed by atoms with Gasteiger partial charge >= 0.3 is 0 Å². The molecule has 0 radical (unpaired) electrons. The van der Waals surface area contributed by atoms with Crippen LogP contribution in [0.15, 0.2) is 97.1 Å². The molecule has 2 unspecified atom stereocenters. The van der Waals surface area contributed by atoms with Crippen molar-refractivity contribution in [1.29, 1.82) is 0 Å². The Kier molecular flexibility index (Phi) is 11.4. The molecule has 1 aliphatic heterocycles. The van der Waals surface area contributed by atoms with Crippen molar-refractivity contribution < 1.29 is 28.5 Å². The van der Waals surface area contributed by atoms with Gasteiger partial charge in [0.1, 0.15) is 18.0 Å². The van der Waals surface area contributed by atoms with Crippen LogP contribution in [0.2, 0.25) is 5.04 Å². The summed E-state index contributed by atoms with van der Waals surface area (Å²) in [5.74, 6) is 0.0399. The molecule has 0 aromatic heterocycles. The van der Waals surface area contributed by atoms with E-state index in [9.17, 15) is 5.11 Å². The van der Waals surface area contributed by atoms with Crippen molar-refractivity contribution in [3.05, 3.63) is 103 Å². The van der Waals surface area contributed by atoms with Crippen molar-refractivity contribution >= 4 is 18.7 Å². The van der Waals surface area contributed by atoms with Crippen molar-refractivity contribution in [2.45, 2.75) is 83.2 Å². The highest BCUT2D eigenvalue weighted by Crippen LogP contribution is 2.38. The molecular weight excluding hydrogens is 556 g/mol. The lowest BCUT2D eigenvalue weighted by Crippen LogP contribution is -2.66. The van der Waals surface area contributed by atoms with Gasteiger partial charge in [0.15, 0.2) is 5.79 Å². The fourth-order valence-electron chi connectivity index (χ4n) is 5.87. The fourth-order valence-corrected chi connectivity index (χ4v) is 10.5. The molecular formula is C36H48O6Si. The Balaban J connectivity index is 1.37. The molecule has 3 atom stereocenters. The zero-order chi connectivity index (χ0) is 30.9. The van der Waals surface area contributed by atoms with Gasteiger partial charge in [-0.2, -0.15) is 0 Å². The van der Waals surface area contributed by atoms with Crippen LogP contribution in [-0.4, -0.2) is 57.8 Å². The van der Waals surface area contributed by atoms with E-state index in [1.807, 2.05) is 44.2 Å². The Labute approximate surface area is 258 Å². The van der Waals surface area contributed by atoms with E-state index < -0.39 is 26.3 Å². The Morgan fingerprint density at radius 1 is 0.884 bits per heavy atom. The summed E-state index contributed by atoms with van der Waals surface area (Å²) in [7, 11) is -1.01. The predicted molar refractivity (Wildman–Crippen MR) is 174 cm³/mol. The molecule has 1 saturated heterocycles. The van der Waals surface area contributed by atoms with Gasteiger partial charge in [0, 0.05) is 6.61 Å². The van der Waals surface area contributed by atoms with E-state index in [1.165, 1.54) is 10.4 Å². The van der Waals surface area contributed by atoms with E-state index in [2.05, 4.69) is 81.4 Å². The summed E-state index contributed by atoms with van der Waals surface area (Å²) < 4.78 is 30.6. The van der Waals surface area contributed by atoms with Crippen molar-refractivity contribution in [2.75, 3.05) is 20.3 Å². The Hall–Kier alpha value is -2.78. The minimum absolute atomic E-state index is 0.112. The molecule has 1 heterocycles. The van der Waals surface area contributed by atoms with Crippen LogP contribution in [0.25, 0.3) is 0 Å². The highest BCUT2D eigenvalue weighted by molar-refractivity contribution is 6.99. The largest absolute Gasteiger partial charge is 0.497 e. The van der Waals surface area contributed by atoms with Gasteiger partial charge in [-0.05, 0) is 59.8 Å². The summed E-state index contributed by atoms with van der Waals surface area (Å²) in [6.07, 6.45) is 3.43. The van der Waals surface area contributed by atoms with Crippen LogP contribution in [0, 0.1) is 0 Å². The smallest absolute Gasteiger partial charge is 0.261 e. The molecule has 0 amide bonds.